The molecule has 2 atom stereocenters. The number of ether oxygens (including phenoxy) is 1. The van der Waals surface area contributed by atoms with Crippen LogP contribution in [0, 0.1) is 0 Å². The Morgan fingerprint density at radius 3 is 3.06 bits per heavy atom. The smallest absolute Gasteiger partial charge is 0.0779 e. The van der Waals surface area contributed by atoms with Gasteiger partial charge in [-0.1, -0.05) is 0 Å². The van der Waals surface area contributed by atoms with E-state index in [2.05, 4.69) is 46.5 Å². The first kappa shape index (κ1) is 12.6. The molecule has 0 saturated carbocycles. The molecule has 0 bridgehead atoms. The van der Waals surface area contributed by atoms with Crippen molar-refractivity contribution in [3.05, 3.63) is 20.8 Å². The molecule has 0 spiro atoms. The van der Waals surface area contributed by atoms with Crippen molar-refractivity contribution in [1.29, 1.82) is 0 Å². The SMILES string of the molecule is CC(NCC1(C)CCCO1)c1sccc1Br. The van der Waals surface area contributed by atoms with Crippen LogP contribution in [0.15, 0.2) is 15.9 Å². The van der Waals surface area contributed by atoms with Crippen LogP contribution in [0.5, 0.6) is 0 Å². The van der Waals surface area contributed by atoms with Gasteiger partial charge in [-0.05, 0) is 54.1 Å². The fraction of sp³-hybridized carbons (Fsp3) is 0.667. The number of halogens is 1. The van der Waals surface area contributed by atoms with Gasteiger partial charge in [-0.25, -0.2) is 0 Å². The molecule has 0 amide bonds. The first-order chi connectivity index (χ1) is 7.61. The van der Waals surface area contributed by atoms with Crippen LogP contribution in [0.1, 0.15) is 37.6 Å². The summed E-state index contributed by atoms with van der Waals surface area (Å²) in [6, 6.07) is 2.49. The monoisotopic (exact) mass is 303 g/mol. The molecule has 0 radical (unpaired) electrons. The molecule has 16 heavy (non-hydrogen) atoms. The van der Waals surface area contributed by atoms with Crippen LogP contribution in [-0.2, 0) is 4.74 Å². The van der Waals surface area contributed by atoms with E-state index in [1.54, 1.807) is 11.3 Å². The molecule has 1 saturated heterocycles. The Labute approximate surface area is 110 Å². The standard InChI is InChI=1S/C12H18BrNOS/c1-9(11-10(13)4-7-16-11)14-8-12(2)5-3-6-15-12/h4,7,9,14H,3,5-6,8H2,1-2H3. The van der Waals surface area contributed by atoms with Crippen LogP contribution in [0.3, 0.4) is 0 Å². The van der Waals surface area contributed by atoms with E-state index in [1.165, 1.54) is 22.2 Å². The zero-order valence-corrected chi connectivity index (χ0v) is 12.2. The van der Waals surface area contributed by atoms with E-state index in [9.17, 15) is 0 Å². The Kier molecular flexibility index (Phi) is 4.06. The van der Waals surface area contributed by atoms with Crippen LogP contribution < -0.4 is 5.32 Å². The number of hydrogen-bond acceptors (Lipinski definition) is 3. The van der Waals surface area contributed by atoms with Crippen LogP contribution in [0.25, 0.3) is 0 Å². The summed E-state index contributed by atoms with van der Waals surface area (Å²) in [5.41, 5.74) is 0.0397. The lowest BCUT2D eigenvalue weighted by Crippen LogP contribution is -2.38. The number of rotatable bonds is 4. The Bertz CT molecular complexity index is 347. The highest BCUT2D eigenvalue weighted by atomic mass is 79.9. The van der Waals surface area contributed by atoms with Gasteiger partial charge in [0.2, 0.25) is 0 Å². The molecule has 2 heterocycles. The number of hydrogen-bond donors (Lipinski definition) is 1. The predicted octanol–water partition coefficient (Wildman–Crippen LogP) is 3.73. The summed E-state index contributed by atoms with van der Waals surface area (Å²) in [6.07, 6.45) is 2.35. The molecular weight excluding hydrogens is 286 g/mol. The molecule has 1 fully saturated rings. The summed E-state index contributed by atoms with van der Waals surface area (Å²) in [5, 5.41) is 5.68. The van der Waals surface area contributed by atoms with E-state index >= 15 is 0 Å². The van der Waals surface area contributed by atoms with E-state index in [0.717, 1.165) is 13.2 Å². The molecular formula is C12H18BrNOS. The molecule has 4 heteroatoms. The summed E-state index contributed by atoms with van der Waals surface area (Å²) in [5.74, 6) is 0. The number of nitrogens with one attached hydrogen (secondary N) is 1. The van der Waals surface area contributed by atoms with Crippen molar-refractivity contribution in [2.75, 3.05) is 13.2 Å². The van der Waals surface area contributed by atoms with Crippen molar-refractivity contribution in [1.82, 2.24) is 5.32 Å². The molecule has 1 N–H and O–H groups in total. The Morgan fingerprint density at radius 1 is 1.69 bits per heavy atom. The van der Waals surface area contributed by atoms with Gasteiger partial charge in [0.25, 0.3) is 0 Å². The van der Waals surface area contributed by atoms with Crippen molar-refractivity contribution < 1.29 is 4.74 Å². The van der Waals surface area contributed by atoms with E-state index in [4.69, 9.17) is 4.74 Å². The van der Waals surface area contributed by atoms with E-state index in [-0.39, 0.29) is 5.60 Å². The Morgan fingerprint density at radius 2 is 2.50 bits per heavy atom. The van der Waals surface area contributed by atoms with Gasteiger partial charge in [-0.2, -0.15) is 0 Å². The van der Waals surface area contributed by atoms with Crippen LogP contribution in [0.2, 0.25) is 0 Å². The number of thiophene rings is 1. The lowest BCUT2D eigenvalue weighted by atomic mass is 10.0. The van der Waals surface area contributed by atoms with Gasteiger partial charge >= 0.3 is 0 Å². The Hall–Kier alpha value is 0.100. The second kappa shape index (κ2) is 5.17. The van der Waals surface area contributed by atoms with Crippen LogP contribution >= 0.6 is 27.3 Å². The lowest BCUT2D eigenvalue weighted by molar-refractivity contribution is 0.0191. The third-order valence-electron chi connectivity index (χ3n) is 3.12. The lowest BCUT2D eigenvalue weighted by Gasteiger charge is -2.25. The van der Waals surface area contributed by atoms with Gasteiger partial charge in [0, 0.05) is 28.5 Å². The molecule has 2 nitrogen and oxygen atoms in total. The van der Waals surface area contributed by atoms with E-state index < -0.39 is 0 Å². The molecule has 1 aliphatic heterocycles. The van der Waals surface area contributed by atoms with Crippen LogP contribution in [0.4, 0.5) is 0 Å². The fourth-order valence-corrected chi connectivity index (χ4v) is 3.80. The van der Waals surface area contributed by atoms with Gasteiger partial charge in [0.05, 0.1) is 5.60 Å². The predicted molar refractivity (Wildman–Crippen MR) is 72.0 cm³/mol. The highest BCUT2D eigenvalue weighted by Gasteiger charge is 2.30. The van der Waals surface area contributed by atoms with E-state index in [0.29, 0.717) is 6.04 Å². The van der Waals surface area contributed by atoms with Gasteiger partial charge in [0.1, 0.15) is 0 Å². The summed E-state index contributed by atoms with van der Waals surface area (Å²) >= 11 is 5.36. The molecule has 1 aromatic heterocycles. The zero-order chi connectivity index (χ0) is 11.6. The zero-order valence-electron chi connectivity index (χ0n) is 9.75. The van der Waals surface area contributed by atoms with Crippen molar-refractivity contribution in [3.8, 4) is 0 Å². The topological polar surface area (TPSA) is 21.3 Å². The van der Waals surface area contributed by atoms with Gasteiger partial charge in [-0.15, -0.1) is 11.3 Å². The maximum absolute atomic E-state index is 5.77. The van der Waals surface area contributed by atoms with E-state index in [1.807, 2.05) is 0 Å². The average Bonchev–Trinajstić information content (AvgIpc) is 2.85. The minimum absolute atomic E-state index is 0.0397. The molecule has 1 aromatic rings. The summed E-state index contributed by atoms with van der Waals surface area (Å²) < 4.78 is 6.97. The third kappa shape index (κ3) is 2.86. The first-order valence-electron chi connectivity index (χ1n) is 5.71. The molecule has 2 unspecified atom stereocenters. The van der Waals surface area contributed by atoms with Crippen molar-refractivity contribution >= 4 is 27.3 Å². The highest BCUT2D eigenvalue weighted by molar-refractivity contribution is 9.10. The fourth-order valence-electron chi connectivity index (χ4n) is 2.05. The maximum atomic E-state index is 5.77. The maximum Gasteiger partial charge on any atom is 0.0779 e. The normalized spacial score (nSPS) is 27.2. The minimum atomic E-state index is 0.0397. The second-order valence-electron chi connectivity index (χ2n) is 4.64. The van der Waals surface area contributed by atoms with Gasteiger partial charge in [-0.3, -0.25) is 0 Å². The summed E-state index contributed by atoms with van der Waals surface area (Å²) in [7, 11) is 0. The van der Waals surface area contributed by atoms with Crippen molar-refractivity contribution in [3.63, 3.8) is 0 Å². The molecule has 90 valence electrons. The quantitative estimate of drug-likeness (QED) is 0.915. The van der Waals surface area contributed by atoms with Gasteiger partial charge in [0.15, 0.2) is 0 Å². The second-order valence-corrected chi connectivity index (χ2v) is 6.44. The first-order valence-corrected chi connectivity index (χ1v) is 7.38. The van der Waals surface area contributed by atoms with Crippen LogP contribution in [-0.4, -0.2) is 18.8 Å². The molecule has 1 aliphatic rings. The largest absolute Gasteiger partial charge is 0.374 e. The summed E-state index contributed by atoms with van der Waals surface area (Å²) in [4.78, 5) is 1.36. The molecule has 2 rings (SSSR count). The highest BCUT2D eigenvalue weighted by Crippen LogP contribution is 2.30. The minimum Gasteiger partial charge on any atom is -0.374 e. The summed E-state index contributed by atoms with van der Waals surface area (Å²) in [6.45, 7) is 6.24. The third-order valence-corrected chi connectivity index (χ3v) is 5.17. The van der Waals surface area contributed by atoms with Crippen molar-refractivity contribution in [2.24, 2.45) is 0 Å². The molecule has 0 aliphatic carbocycles. The van der Waals surface area contributed by atoms with Gasteiger partial charge < -0.3 is 10.1 Å². The molecule has 0 aromatic carbocycles. The van der Waals surface area contributed by atoms with Crippen molar-refractivity contribution in [2.45, 2.75) is 38.3 Å². The Balaban J connectivity index is 1.88. The average molecular weight is 304 g/mol.